The zero-order chi connectivity index (χ0) is 13.7. The van der Waals surface area contributed by atoms with E-state index in [0.717, 1.165) is 12.1 Å². The second kappa shape index (κ2) is 6.47. The van der Waals surface area contributed by atoms with Crippen LogP contribution in [0.1, 0.15) is 11.6 Å². The summed E-state index contributed by atoms with van der Waals surface area (Å²) in [6.07, 6.45) is 0. The summed E-state index contributed by atoms with van der Waals surface area (Å²) in [6.45, 7) is 0.749. The Bertz CT molecular complexity index is 369. The molecule has 0 heterocycles. The molecule has 18 heavy (non-hydrogen) atoms. The van der Waals surface area contributed by atoms with Gasteiger partial charge in [0.2, 0.25) is 5.75 Å². The first-order chi connectivity index (χ1) is 8.53. The van der Waals surface area contributed by atoms with Crippen LogP contribution in [0.4, 0.5) is 0 Å². The van der Waals surface area contributed by atoms with E-state index < -0.39 is 0 Å². The highest BCUT2D eigenvalue weighted by molar-refractivity contribution is 5.54. The molecule has 102 valence electrons. The molecule has 0 spiro atoms. The van der Waals surface area contributed by atoms with Gasteiger partial charge in [0, 0.05) is 12.6 Å². The van der Waals surface area contributed by atoms with Crippen molar-refractivity contribution >= 4 is 0 Å². The van der Waals surface area contributed by atoms with Crippen LogP contribution in [-0.4, -0.2) is 46.9 Å². The Kier molecular flexibility index (Phi) is 5.25. The largest absolute Gasteiger partial charge is 0.493 e. The summed E-state index contributed by atoms with van der Waals surface area (Å²) in [6, 6.07) is 3.67. The normalized spacial score (nSPS) is 12.4. The van der Waals surface area contributed by atoms with E-state index in [0.29, 0.717) is 17.2 Å². The highest BCUT2D eigenvalue weighted by Crippen LogP contribution is 2.39. The van der Waals surface area contributed by atoms with Gasteiger partial charge in [-0.2, -0.15) is 0 Å². The molecule has 0 bridgehead atoms. The second-order valence-electron chi connectivity index (χ2n) is 4.33. The maximum absolute atomic E-state index is 6.14. The quantitative estimate of drug-likeness (QED) is 0.828. The average Bonchev–Trinajstić information content (AvgIpc) is 2.35. The van der Waals surface area contributed by atoms with Crippen LogP contribution in [0.3, 0.4) is 0 Å². The molecule has 0 fully saturated rings. The fourth-order valence-corrected chi connectivity index (χ4v) is 1.81. The van der Waals surface area contributed by atoms with Gasteiger partial charge in [0.25, 0.3) is 0 Å². The third kappa shape index (κ3) is 3.27. The van der Waals surface area contributed by atoms with Gasteiger partial charge < -0.3 is 24.8 Å². The van der Waals surface area contributed by atoms with Gasteiger partial charge in [0.1, 0.15) is 0 Å². The lowest BCUT2D eigenvalue weighted by molar-refractivity contribution is 0.322. The summed E-state index contributed by atoms with van der Waals surface area (Å²) in [4.78, 5) is 2.04. The molecule has 0 saturated carbocycles. The number of nitrogens with two attached hydrogens (primary N) is 1. The first-order valence-electron chi connectivity index (χ1n) is 5.73. The number of benzene rings is 1. The molecule has 0 aliphatic carbocycles. The van der Waals surface area contributed by atoms with Gasteiger partial charge >= 0.3 is 0 Å². The van der Waals surface area contributed by atoms with Crippen LogP contribution < -0.4 is 19.9 Å². The Hall–Kier alpha value is -1.46. The zero-order valence-electron chi connectivity index (χ0n) is 11.7. The molecular weight excluding hydrogens is 232 g/mol. The van der Waals surface area contributed by atoms with E-state index in [1.54, 1.807) is 21.3 Å². The van der Waals surface area contributed by atoms with E-state index in [2.05, 4.69) is 0 Å². The Balaban J connectivity index is 3.14. The maximum atomic E-state index is 6.14. The van der Waals surface area contributed by atoms with E-state index in [-0.39, 0.29) is 6.04 Å². The Morgan fingerprint density at radius 3 is 1.89 bits per heavy atom. The van der Waals surface area contributed by atoms with Crippen LogP contribution in [0, 0.1) is 0 Å². The molecule has 0 radical (unpaired) electrons. The number of hydrogen-bond acceptors (Lipinski definition) is 5. The third-order valence-corrected chi connectivity index (χ3v) is 2.68. The van der Waals surface area contributed by atoms with Gasteiger partial charge in [-0.3, -0.25) is 0 Å². The molecule has 2 N–H and O–H groups in total. The van der Waals surface area contributed by atoms with Crippen LogP contribution in [-0.2, 0) is 0 Å². The molecule has 1 rings (SSSR count). The van der Waals surface area contributed by atoms with Gasteiger partial charge in [-0.05, 0) is 31.8 Å². The summed E-state index contributed by atoms with van der Waals surface area (Å²) < 4.78 is 15.9. The van der Waals surface area contributed by atoms with Gasteiger partial charge in [-0.25, -0.2) is 0 Å². The second-order valence-corrected chi connectivity index (χ2v) is 4.33. The van der Waals surface area contributed by atoms with Crippen molar-refractivity contribution in [2.75, 3.05) is 42.0 Å². The van der Waals surface area contributed by atoms with Crippen molar-refractivity contribution in [3.05, 3.63) is 17.7 Å². The zero-order valence-corrected chi connectivity index (χ0v) is 11.7. The van der Waals surface area contributed by atoms with Crippen LogP contribution >= 0.6 is 0 Å². The summed E-state index contributed by atoms with van der Waals surface area (Å²) in [5.74, 6) is 1.84. The van der Waals surface area contributed by atoms with Crippen molar-refractivity contribution in [1.82, 2.24) is 4.90 Å². The van der Waals surface area contributed by atoms with Crippen LogP contribution in [0.5, 0.6) is 17.2 Å². The van der Waals surface area contributed by atoms with Crippen molar-refractivity contribution in [3.8, 4) is 17.2 Å². The lowest BCUT2D eigenvalue weighted by Gasteiger charge is -2.20. The minimum absolute atomic E-state index is 0.103. The monoisotopic (exact) mass is 254 g/mol. The third-order valence-electron chi connectivity index (χ3n) is 2.68. The molecule has 5 nitrogen and oxygen atoms in total. The number of likely N-dealkylation sites (N-methyl/N-ethyl adjacent to an activating group) is 1. The maximum Gasteiger partial charge on any atom is 0.203 e. The predicted octanol–water partition coefficient (Wildman–Crippen LogP) is 1.27. The molecule has 1 unspecified atom stereocenters. The summed E-state index contributed by atoms with van der Waals surface area (Å²) >= 11 is 0. The van der Waals surface area contributed by atoms with Crippen LogP contribution in [0.25, 0.3) is 0 Å². The number of rotatable bonds is 6. The lowest BCUT2D eigenvalue weighted by Crippen LogP contribution is -2.26. The van der Waals surface area contributed by atoms with E-state index >= 15 is 0 Å². The lowest BCUT2D eigenvalue weighted by atomic mass is 10.1. The molecule has 1 atom stereocenters. The molecule has 0 amide bonds. The van der Waals surface area contributed by atoms with Crippen LogP contribution in [0.15, 0.2) is 12.1 Å². The fraction of sp³-hybridized carbons (Fsp3) is 0.538. The molecule has 0 aromatic heterocycles. The molecule has 0 aliphatic heterocycles. The van der Waals surface area contributed by atoms with E-state index in [4.69, 9.17) is 19.9 Å². The minimum Gasteiger partial charge on any atom is -0.493 e. The summed E-state index contributed by atoms with van der Waals surface area (Å²) in [5, 5.41) is 0. The SMILES string of the molecule is COc1cc(C(N)CN(C)C)cc(OC)c1OC. The van der Waals surface area contributed by atoms with E-state index in [1.165, 1.54) is 0 Å². The van der Waals surface area contributed by atoms with Gasteiger partial charge in [0.15, 0.2) is 11.5 Å². The Morgan fingerprint density at radius 1 is 1.06 bits per heavy atom. The van der Waals surface area contributed by atoms with Crippen molar-refractivity contribution < 1.29 is 14.2 Å². The highest BCUT2D eigenvalue weighted by Gasteiger charge is 2.16. The van der Waals surface area contributed by atoms with Gasteiger partial charge in [-0.15, -0.1) is 0 Å². The van der Waals surface area contributed by atoms with Crippen molar-refractivity contribution in [1.29, 1.82) is 0 Å². The number of hydrogen-bond donors (Lipinski definition) is 1. The fourth-order valence-electron chi connectivity index (χ4n) is 1.81. The van der Waals surface area contributed by atoms with E-state index in [9.17, 15) is 0 Å². The number of methoxy groups -OCH3 is 3. The first kappa shape index (κ1) is 14.6. The smallest absolute Gasteiger partial charge is 0.203 e. The van der Waals surface area contributed by atoms with E-state index in [1.807, 2.05) is 31.1 Å². The van der Waals surface area contributed by atoms with Gasteiger partial charge in [0.05, 0.1) is 21.3 Å². The average molecular weight is 254 g/mol. The van der Waals surface area contributed by atoms with Gasteiger partial charge in [-0.1, -0.05) is 0 Å². The highest BCUT2D eigenvalue weighted by atomic mass is 16.5. The number of nitrogens with zero attached hydrogens (tertiary/aromatic N) is 1. The van der Waals surface area contributed by atoms with Crippen molar-refractivity contribution in [2.24, 2.45) is 5.73 Å². The topological polar surface area (TPSA) is 57.0 Å². The predicted molar refractivity (Wildman–Crippen MR) is 71.6 cm³/mol. The Labute approximate surface area is 108 Å². The molecule has 5 heteroatoms. The molecule has 1 aromatic carbocycles. The van der Waals surface area contributed by atoms with Crippen LogP contribution in [0.2, 0.25) is 0 Å². The summed E-state index contributed by atoms with van der Waals surface area (Å²) in [5.41, 5.74) is 7.10. The standard InChI is InChI=1S/C13H22N2O3/c1-15(2)8-10(14)9-6-11(16-3)13(18-5)12(7-9)17-4/h6-7,10H,8,14H2,1-5H3. The van der Waals surface area contributed by atoms with Crippen molar-refractivity contribution in [3.63, 3.8) is 0 Å². The molecule has 0 aliphatic rings. The summed E-state index contributed by atoms with van der Waals surface area (Å²) in [7, 11) is 8.74. The molecule has 0 saturated heterocycles. The Morgan fingerprint density at radius 2 is 1.56 bits per heavy atom. The first-order valence-corrected chi connectivity index (χ1v) is 5.73. The molecule has 1 aromatic rings. The minimum atomic E-state index is -0.103. The van der Waals surface area contributed by atoms with Crippen molar-refractivity contribution in [2.45, 2.75) is 6.04 Å². The molecular formula is C13H22N2O3. The number of ether oxygens (including phenoxy) is 3.